The average Bonchev–Trinajstić information content (AvgIpc) is 3.09. The van der Waals surface area contributed by atoms with Crippen LogP contribution in [-0.2, 0) is 22.4 Å². The van der Waals surface area contributed by atoms with Crippen LogP contribution in [0.1, 0.15) is 52.2 Å². The Morgan fingerprint density at radius 2 is 1.92 bits per heavy atom. The van der Waals surface area contributed by atoms with Gasteiger partial charge in [-0.05, 0) is 43.7 Å². The van der Waals surface area contributed by atoms with E-state index in [1.165, 1.54) is 11.3 Å². The van der Waals surface area contributed by atoms with E-state index < -0.39 is 0 Å². The van der Waals surface area contributed by atoms with Crippen LogP contribution in [0.15, 0.2) is 35.7 Å². The lowest BCUT2D eigenvalue weighted by Crippen LogP contribution is -2.33. The number of aryl methyl sites for hydroxylation is 1. The second-order valence-corrected chi connectivity index (χ2v) is 7.39. The van der Waals surface area contributed by atoms with E-state index in [4.69, 9.17) is 4.74 Å². The Kier molecular flexibility index (Phi) is 5.53. The normalized spacial score (nSPS) is 14.5. The van der Waals surface area contributed by atoms with Crippen LogP contribution in [0.25, 0.3) is 0 Å². The molecule has 1 aliphatic rings. The summed E-state index contributed by atoms with van der Waals surface area (Å²) < 4.78 is 5.30. The first kappa shape index (κ1) is 17.7. The highest BCUT2D eigenvalue weighted by molar-refractivity contribution is 7.10. The number of hydrogen-bond acceptors (Lipinski definition) is 4. The first-order valence-electron chi connectivity index (χ1n) is 8.65. The van der Waals surface area contributed by atoms with Crippen molar-refractivity contribution in [2.45, 2.75) is 38.6 Å². The molecule has 0 saturated heterocycles. The number of benzene rings is 1. The highest BCUT2D eigenvalue weighted by atomic mass is 32.1. The molecule has 1 aliphatic carbocycles. The lowest BCUT2D eigenvalue weighted by Gasteiger charge is -2.25. The van der Waals surface area contributed by atoms with Crippen LogP contribution in [0.3, 0.4) is 0 Å². The van der Waals surface area contributed by atoms with Gasteiger partial charge in [0.2, 0.25) is 0 Å². The Hall–Kier alpha value is -2.14. The van der Waals surface area contributed by atoms with E-state index in [9.17, 15) is 9.59 Å². The lowest BCUT2D eigenvalue weighted by atomic mass is 9.96. The summed E-state index contributed by atoms with van der Waals surface area (Å²) in [6.45, 7) is 1.74. The zero-order valence-electron chi connectivity index (χ0n) is 14.7. The zero-order valence-corrected chi connectivity index (χ0v) is 15.5. The first-order chi connectivity index (χ1) is 12.1. The fourth-order valence-corrected chi connectivity index (χ4v) is 4.26. The molecular formula is C20H23NO3S. The summed E-state index contributed by atoms with van der Waals surface area (Å²) in [5, 5.41) is 1.87. The zero-order chi connectivity index (χ0) is 17.8. The minimum atomic E-state index is -0.381. The summed E-state index contributed by atoms with van der Waals surface area (Å²) in [6, 6.07) is 9.74. The molecule has 1 atom stereocenters. The minimum Gasteiger partial charge on any atom is -0.452 e. The number of rotatable bonds is 5. The minimum absolute atomic E-state index is 0.0682. The van der Waals surface area contributed by atoms with Crippen molar-refractivity contribution < 1.29 is 14.3 Å². The maximum atomic E-state index is 12.4. The molecule has 1 aromatic carbocycles. The summed E-state index contributed by atoms with van der Waals surface area (Å²) in [6.07, 6.45) is 4.27. The molecule has 0 N–H and O–H groups in total. The molecule has 1 aromatic heterocycles. The van der Waals surface area contributed by atoms with Gasteiger partial charge in [0.05, 0.1) is 11.6 Å². The molecule has 4 nitrogen and oxygen atoms in total. The second-order valence-electron chi connectivity index (χ2n) is 6.43. The van der Waals surface area contributed by atoms with Crippen LogP contribution in [0.4, 0.5) is 0 Å². The Morgan fingerprint density at radius 1 is 1.20 bits per heavy atom. The first-order valence-corrected chi connectivity index (χ1v) is 9.53. The average molecular weight is 357 g/mol. The van der Waals surface area contributed by atoms with E-state index in [1.807, 2.05) is 42.6 Å². The molecule has 0 fully saturated rings. The molecule has 0 spiro atoms. The number of fused-ring (bicyclic) bond motifs is 1. The van der Waals surface area contributed by atoms with Crippen molar-refractivity contribution in [2.24, 2.45) is 0 Å². The fourth-order valence-electron chi connectivity index (χ4n) is 3.14. The molecule has 5 heteroatoms. The third-order valence-electron chi connectivity index (χ3n) is 4.86. The number of hydrogen-bond donors (Lipinski definition) is 0. The molecule has 1 heterocycles. The van der Waals surface area contributed by atoms with E-state index in [-0.39, 0.29) is 24.5 Å². The van der Waals surface area contributed by atoms with Gasteiger partial charge in [0.1, 0.15) is 0 Å². The van der Waals surface area contributed by atoms with Crippen molar-refractivity contribution in [1.29, 1.82) is 0 Å². The van der Waals surface area contributed by atoms with Gasteiger partial charge in [-0.3, -0.25) is 4.79 Å². The van der Waals surface area contributed by atoms with E-state index in [2.05, 4.69) is 0 Å². The predicted molar refractivity (Wildman–Crippen MR) is 98.9 cm³/mol. The smallest absolute Gasteiger partial charge is 0.339 e. The second kappa shape index (κ2) is 7.83. The van der Waals surface area contributed by atoms with Crippen LogP contribution in [0.2, 0.25) is 0 Å². The van der Waals surface area contributed by atoms with Crippen molar-refractivity contribution in [2.75, 3.05) is 13.7 Å². The van der Waals surface area contributed by atoms with Gasteiger partial charge in [-0.1, -0.05) is 30.3 Å². The van der Waals surface area contributed by atoms with E-state index in [1.54, 1.807) is 23.3 Å². The third-order valence-corrected chi connectivity index (χ3v) is 5.95. The number of carbonyl (C=O) groups excluding carboxylic acids is 2. The quantitative estimate of drug-likeness (QED) is 0.760. The number of carbonyl (C=O) groups is 2. The van der Waals surface area contributed by atoms with Gasteiger partial charge in [0.15, 0.2) is 6.61 Å². The molecule has 3 rings (SSSR count). The number of esters is 1. The van der Waals surface area contributed by atoms with Crippen molar-refractivity contribution in [3.63, 3.8) is 0 Å². The van der Waals surface area contributed by atoms with Gasteiger partial charge >= 0.3 is 5.97 Å². The molecule has 0 saturated carbocycles. The van der Waals surface area contributed by atoms with Crippen molar-refractivity contribution >= 4 is 23.2 Å². The summed E-state index contributed by atoms with van der Waals surface area (Å²) in [5.74, 6) is -0.581. The highest BCUT2D eigenvalue weighted by Crippen LogP contribution is 2.30. The summed E-state index contributed by atoms with van der Waals surface area (Å²) in [7, 11) is 1.74. The van der Waals surface area contributed by atoms with Crippen molar-refractivity contribution in [3.8, 4) is 0 Å². The lowest BCUT2D eigenvalue weighted by molar-refractivity contribution is -0.135. The summed E-state index contributed by atoms with van der Waals surface area (Å²) in [4.78, 5) is 27.6. The molecule has 0 bridgehead atoms. The van der Waals surface area contributed by atoms with Gasteiger partial charge in [0, 0.05) is 17.3 Å². The molecule has 1 amide bonds. The molecule has 1 unspecified atom stereocenters. The molecule has 25 heavy (non-hydrogen) atoms. The SMILES string of the molecule is CC(c1ccccc1)N(C)C(=O)COC(=O)c1csc2c1CCCC2. The molecular weight excluding hydrogens is 334 g/mol. The summed E-state index contributed by atoms with van der Waals surface area (Å²) in [5.41, 5.74) is 2.82. The van der Waals surface area contributed by atoms with Gasteiger partial charge < -0.3 is 9.64 Å². The number of nitrogens with zero attached hydrogens (tertiary/aromatic N) is 1. The van der Waals surface area contributed by atoms with Gasteiger partial charge in [-0.25, -0.2) is 4.79 Å². The van der Waals surface area contributed by atoms with Gasteiger partial charge in [-0.2, -0.15) is 0 Å². The monoisotopic (exact) mass is 357 g/mol. The van der Waals surface area contributed by atoms with Crippen LogP contribution >= 0.6 is 11.3 Å². The Morgan fingerprint density at radius 3 is 2.68 bits per heavy atom. The van der Waals surface area contributed by atoms with Crippen molar-refractivity contribution in [1.82, 2.24) is 4.90 Å². The van der Waals surface area contributed by atoms with E-state index in [0.29, 0.717) is 5.56 Å². The number of amides is 1. The third kappa shape index (κ3) is 3.93. The van der Waals surface area contributed by atoms with Gasteiger partial charge in [0.25, 0.3) is 5.91 Å². The Balaban J connectivity index is 1.58. The number of thiophene rings is 1. The standard InChI is InChI=1S/C20H23NO3S/c1-14(15-8-4-3-5-9-15)21(2)19(22)12-24-20(23)17-13-25-18-11-7-6-10-16(17)18/h3-5,8-9,13-14H,6-7,10-12H2,1-2H3. The predicted octanol–water partition coefficient (Wildman–Crippen LogP) is 4.00. The van der Waals surface area contributed by atoms with Crippen LogP contribution in [0, 0.1) is 0 Å². The summed E-state index contributed by atoms with van der Waals surface area (Å²) >= 11 is 1.63. The van der Waals surface area contributed by atoms with Crippen LogP contribution < -0.4 is 0 Å². The van der Waals surface area contributed by atoms with Crippen LogP contribution in [-0.4, -0.2) is 30.4 Å². The molecule has 0 radical (unpaired) electrons. The fraction of sp³-hybridized carbons (Fsp3) is 0.400. The van der Waals surface area contributed by atoms with E-state index >= 15 is 0 Å². The Bertz CT molecular complexity index is 754. The van der Waals surface area contributed by atoms with E-state index in [0.717, 1.165) is 30.4 Å². The topological polar surface area (TPSA) is 46.6 Å². The van der Waals surface area contributed by atoms with Gasteiger partial charge in [-0.15, -0.1) is 11.3 Å². The maximum absolute atomic E-state index is 12.4. The van der Waals surface area contributed by atoms with Crippen LogP contribution in [0.5, 0.6) is 0 Å². The number of likely N-dealkylation sites (N-methyl/N-ethyl adjacent to an activating group) is 1. The Labute approximate surface area is 152 Å². The largest absolute Gasteiger partial charge is 0.452 e. The van der Waals surface area contributed by atoms with Crippen molar-refractivity contribution in [3.05, 3.63) is 57.3 Å². The molecule has 0 aliphatic heterocycles. The highest BCUT2D eigenvalue weighted by Gasteiger charge is 2.23. The number of ether oxygens (including phenoxy) is 1. The molecule has 2 aromatic rings. The molecule has 132 valence electrons. The maximum Gasteiger partial charge on any atom is 0.339 e.